The number of nitrogens with zero attached hydrogens (tertiary/aromatic N) is 3. The summed E-state index contributed by atoms with van der Waals surface area (Å²) in [6.07, 6.45) is 4.10. The lowest BCUT2D eigenvalue weighted by molar-refractivity contribution is 0.00319. The fourth-order valence-electron chi connectivity index (χ4n) is 3.88. The summed E-state index contributed by atoms with van der Waals surface area (Å²) >= 11 is 1.50. The first kappa shape index (κ1) is 19.1. The van der Waals surface area contributed by atoms with E-state index in [9.17, 15) is 9.59 Å². The predicted molar refractivity (Wildman–Crippen MR) is 102 cm³/mol. The highest BCUT2D eigenvalue weighted by molar-refractivity contribution is 7.13. The van der Waals surface area contributed by atoms with Crippen LogP contribution in [0.5, 0.6) is 0 Å². The van der Waals surface area contributed by atoms with Crippen LogP contribution < -0.4 is 0 Å². The minimum absolute atomic E-state index is 0.0649. The molecule has 0 saturated carbocycles. The van der Waals surface area contributed by atoms with Gasteiger partial charge in [-0.05, 0) is 26.7 Å². The first-order chi connectivity index (χ1) is 12.4. The molecule has 2 saturated heterocycles. The molecule has 26 heavy (non-hydrogen) atoms. The van der Waals surface area contributed by atoms with E-state index in [1.165, 1.54) is 11.3 Å². The minimum atomic E-state index is -0.423. The van der Waals surface area contributed by atoms with Crippen molar-refractivity contribution in [3.63, 3.8) is 0 Å². The van der Waals surface area contributed by atoms with Crippen molar-refractivity contribution in [1.82, 2.24) is 14.8 Å². The fraction of sp³-hybridized carbons (Fsp3) is 0.737. The molecule has 0 N–H and O–H groups in total. The number of amides is 2. The summed E-state index contributed by atoms with van der Waals surface area (Å²) < 4.78 is 5.79. The van der Waals surface area contributed by atoms with Crippen molar-refractivity contribution in [2.75, 3.05) is 19.6 Å². The lowest BCUT2D eigenvalue weighted by atomic mass is 9.91. The van der Waals surface area contributed by atoms with Crippen LogP contribution in [0.3, 0.4) is 0 Å². The molecule has 2 aliphatic heterocycles. The molecule has 0 bridgehead atoms. The maximum atomic E-state index is 12.9. The maximum Gasteiger partial charge on any atom is 0.410 e. The Kier molecular flexibility index (Phi) is 5.55. The van der Waals surface area contributed by atoms with Crippen molar-refractivity contribution in [2.24, 2.45) is 0 Å². The number of carbonyl (C=O) groups is 2. The van der Waals surface area contributed by atoms with Crippen LogP contribution >= 0.6 is 11.3 Å². The van der Waals surface area contributed by atoms with Crippen LogP contribution in [0.4, 0.5) is 4.79 Å². The highest BCUT2D eigenvalue weighted by Gasteiger charge is 2.48. The normalized spacial score (nSPS) is 20.5. The molecule has 0 aliphatic carbocycles. The van der Waals surface area contributed by atoms with Crippen molar-refractivity contribution in [1.29, 1.82) is 0 Å². The van der Waals surface area contributed by atoms with E-state index in [1.807, 2.05) is 16.7 Å². The Morgan fingerprint density at radius 2 is 2.04 bits per heavy atom. The molecule has 0 radical (unpaired) electrons. The number of aryl methyl sites for hydroxylation is 2. The number of likely N-dealkylation sites (tertiary alicyclic amines) is 1. The van der Waals surface area contributed by atoms with Crippen LogP contribution in [0, 0.1) is 6.92 Å². The van der Waals surface area contributed by atoms with Crippen LogP contribution in [-0.4, -0.2) is 58.1 Å². The van der Waals surface area contributed by atoms with E-state index in [0.29, 0.717) is 32.5 Å². The van der Waals surface area contributed by atoms with Gasteiger partial charge in [0.1, 0.15) is 10.5 Å². The van der Waals surface area contributed by atoms with Crippen molar-refractivity contribution in [3.8, 4) is 0 Å². The molecule has 2 fully saturated rings. The zero-order valence-electron chi connectivity index (χ0n) is 16.2. The van der Waals surface area contributed by atoms with Gasteiger partial charge in [-0.1, -0.05) is 20.3 Å². The predicted octanol–water partition coefficient (Wildman–Crippen LogP) is 3.63. The summed E-state index contributed by atoms with van der Waals surface area (Å²) in [7, 11) is 0. The highest BCUT2D eigenvalue weighted by atomic mass is 32.1. The van der Waals surface area contributed by atoms with Gasteiger partial charge in [0.05, 0.1) is 17.2 Å². The number of ether oxygens (including phenoxy) is 1. The fourth-order valence-corrected chi connectivity index (χ4v) is 4.86. The van der Waals surface area contributed by atoms with Gasteiger partial charge in [0.25, 0.3) is 5.91 Å². The van der Waals surface area contributed by atoms with Crippen molar-refractivity contribution in [2.45, 2.75) is 71.4 Å². The summed E-state index contributed by atoms with van der Waals surface area (Å²) in [6, 6.07) is 0.207. The van der Waals surface area contributed by atoms with Crippen LogP contribution in [0.1, 0.15) is 66.8 Å². The molecule has 1 aromatic heterocycles. The van der Waals surface area contributed by atoms with Gasteiger partial charge >= 0.3 is 6.09 Å². The summed E-state index contributed by atoms with van der Waals surface area (Å²) in [4.78, 5) is 34.1. The van der Waals surface area contributed by atoms with Gasteiger partial charge < -0.3 is 14.5 Å². The topological polar surface area (TPSA) is 62.7 Å². The van der Waals surface area contributed by atoms with Crippen molar-refractivity contribution >= 4 is 23.3 Å². The van der Waals surface area contributed by atoms with Crippen molar-refractivity contribution < 1.29 is 14.3 Å². The molecular formula is C19H29N3O3S. The van der Waals surface area contributed by atoms with E-state index in [1.54, 1.807) is 0 Å². The van der Waals surface area contributed by atoms with Gasteiger partial charge in [0, 0.05) is 32.0 Å². The smallest absolute Gasteiger partial charge is 0.410 e. The Hall–Kier alpha value is -1.63. The third-order valence-electron chi connectivity index (χ3n) is 5.53. The molecule has 2 aliphatic rings. The van der Waals surface area contributed by atoms with Crippen LogP contribution in [0.15, 0.2) is 0 Å². The van der Waals surface area contributed by atoms with Crippen LogP contribution in [0.25, 0.3) is 0 Å². The molecule has 1 spiro atoms. The van der Waals surface area contributed by atoms with E-state index in [0.717, 1.165) is 34.8 Å². The largest absolute Gasteiger partial charge is 0.441 e. The van der Waals surface area contributed by atoms with E-state index in [4.69, 9.17) is 4.74 Å². The zero-order chi connectivity index (χ0) is 18.9. The lowest BCUT2D eigenvalue weighted by Gasteiger charge is -2.37. The third-order valence-corrected chi connectivity index (χ3v) is 6.82. The second-order valence-corrected chi connectivity index (χ2v) is 8.57. The Balaban J connectivity index is 1.63. The Morgan fingerprint density at radius 3 is 2.62 bits per heavy atom. The average Bonchev–Trinajstić information content (AvgIpc) is 3.15. The van der Waals surface area contributed by atoms with Gasteiger partial charge in [0.15, 0.2) is 0 Å². The van der Waals surface area contributed by atoms with E-state index in [2.05, 4.69) is 25.8 Å². The molecule has 0 aromatic carbocycles. The minimum Gasteiger partial charge on any atom is -0.441 e. The van der Waals surface area contributed by atoms with Gasteiger partial charge in [0.2, 0.25) is 0 Å². The number of hydrogen-bond acceptors (Lipinski definition) is 5. The molecule has 2 amide bonds. The van der Waals surface area contributed by atoms with Gasteiger partial charge in [-0.2, -0.15) is 0 Å². The number of carbonyl (C=O) groups excluding carboxylic acids is 2. The Labute approximate surface area is 159 Å². The summed E-state index contributed by atoms with van der Waals surface area (Å²) in [5.74, 6) is 0.0649. The molecule has 3 heterocycles. The molecule has 0 unspecified atom stereocenters. The lowest BCUT2D eigenvalue weighted by Crippen LogP contribution is -2.49. The summed E-state index contributed by atoms with van der Waals surface area (Å²) in [5.41, 5.74) is 0.400. The standard InChI is InChI=1S/C19H29N3O3S/c1-5-7-13(3)22-12-19(25-18(22)24)8-10-21(11-9-19)17(23)16-14(4)20-15(6-2)26-16/h13H,5-12H2,1-4H3/t13-/m1/s1. The quantitative estimate of drug-likeness (QED) is 0.784. The maximum absolute atomic E-state index is 12.9. The van der Waals surface area contributed by atoms with Crippen LogP contribution in [0.2, 0.25) is 0 Å². The van der Waals surface area contributed by atoms with Gasteiger partial charge in [-0.15, -0.1) is 11.3 Å². The third kappa shape index (κ3) is 3.59. The Morgan fingerprint density at radius 1 is 1.35 bits per heavy atom. The molecule has 3 rings (SSSR count). The van der Waals surface area contributed by atoms with E-state index >= 15 is 0 Å². The summed E-state index contributed by atoms with van der Waals surface area (Å²) in [5, 5.41) is 1.00. The molecule has 1 aromatic rings. The number of aromatic nitrogens is 1. The number of thiazole rings is 1. The zero-order valence-corrected chi connectivity index (χ0v) is 17.0. The monoisotopic (exact) mass is 379 g/mol. The molecular weight excluding hydrogens is 350 g/mol. The molecule has 144 valence electrons. The SMILES string of the molecule is CCC[C@@H](C)N1CC2(CCN(C(=O)c3sc(CC)nc3C)CC2)OC1=O. The molecule has 6 nitrogen and oxygen atoms in total. The van der Waals surface area contributed by atoms with Crippen LogP contribution in [-0.2, 0) is 11.2 Å². The molecule has 7 heteroatoms. The first-order valence-electron chi connectivity index (χ1n) is 9.64. The number of piperidine rings is 1. The van der Waals surface area contributed by atoms with Crippen molar-refractivity contribution in [3.05, 3.63) is 15.6 Å². The Bertz CT molecular complexity index is 680. The second kappa shape index (κ2) is 7.55. The first-order valence-corrected chi connectivity index (χ1v) is 10.5. The van der Waals surface area contributed by atoms with E-state index < -0.39 is 5.60 Å². The summed E-state index contributed by atoms with van der Waals surface area (Å²) in [6.45, 7) is 10.1. The van der Waals surface area contributed by atoms with E-state index in [-0.39, 0.29) is 18.0 Å². The van der Waals surface area contributed by atoms with Gasteiger partial charge in [-0.25, -0.2) is 9.78 Å². The van der Waals surface area contributed by atoms with Gasteiger partial charge in [-0.3, -0.25) is 4.79 Å². The average molecular weight is 380 g/mol. The number of rotatable bonds is 5. The molecule has 1 atom stereocenters. The number of hydrogen-bond donors (Lipinski definition) is 0. The highest BCUT2D eigenvalue weighted by Crippen LogP contribution is 2.35. The second-order valence-electron chi connectivity index (χ2n) is 7.48.